The van der Waals surface area contributed by atoms with Gasteiger partial charge in [-0.15, -0.1) is 0 Å². The van der Waals surface area contributed by atoms with Crippen LogP contribution in [0.3, 0.4) is 0 Å². The molecule has 0 aliphatic heterocycles. The molecule has 0 bridgehead atoms. The van der Waals surface area contributed by atoms with Crippen LogP contribution in [-0.2, 0) is 13.5 Å². The number of aromatic nitrogens is 2. The molecule has 0 unspecified atom stereocenters. The predicted molar refractivity (Wildman–Crippen MR) is 72.6 cm³/mol. The van der Waals surface area contributed by atoms with Gasteiger partial charge in [0.25, 0.3) is 0 Å². The summed E-state index contributed by atoms with van der Waals surface area (Å²) in [5.41, 5.74) is 3.69. The second-order valence-corrected chi connectivity index (χ2v) is 5.02. The summed E-state index contributed by atoms with van der Waals surface area (Å²) in [5.74, 6) is 0.649. The monoisotopic (exact) mass is 242 g/mol. The third-order valence-electron chi connectivity index (χ3n) is 2.86. The van der Waals surface area contributed by atoms with Crippen molar-refractivity contribution in [2.24, 2.45) is 13.0 Å². The van der Waals surface area contributed by atoms with E-state index in [2.05, 4.69) is 31.1 Å². The number of carbonyl (C=O) groups is 1. The van der Waals surface area contributed by atoms with Crippen LogP contribution in [0.1, 0.15) is 29.8 Å². The lowest BCUT2D eigenvalue weighted by atomic mass is 10.0. The number of rotatable bonds is 4. The average Bonchev–Trinajstić information content (AvgIpc) is 2.71. The molecular weight excluding hydrogens is 224 g/mol. The lowest BCUT2D eigenvalue weighted by Crippen LogP contribution is -1.94. The van der Waals surface area contributed by atoms with Gasteiger partial charge < -0.3 is 0 Å². The van der Waals surface area contributed by atoms with E-state index in [4.69, 9.17) is 0 Å². The molecule has 0 N–H and O–H groups in total. The third-order valence-corrected chi connectivity index (χ3v) is 2.86. The smallest absolute Gasteiger partial charge is 0.153 e. The van der Waals surface area contributed by atoms with Gasteiger partial charge in [0.1, 0.15) is 5.69 Å². The molecule has 94 valence electrons. The number of nitrogens with zero attached hydrogens (tertiary/aromatic N) is 2. The molecule has 2 aromatic rings. The van der Waals surface area contributed by atoms with Crippen LogP contribution >= 0.6 is 0 Å². The van der Waals surface area contributed by atoms with Crippen LogP contribution in [0.15, 0.2) is 30.5 Å². The summed E-state index contributed by atoms with van der Waals surface area (Å²) in [4.78, 5) is 11.0. The maximum atomic E-state index is 11.0. The SMILES string of the molecule is CC(C)Cc1ccc(-c2nn(C)cc2C=O)cc1. The molecule has 0 amide bonds. The first kappa shape index (κ1) is 12.6. The van der Waals surface area contributed by atoms with Crippen molar-refractivity contribution in [1.82, 2.24) is 9.78 Å². The molecule has 0 spiro atoms. The summed E-state index contributed by atoms with van der Waals surface area (Å²) in [6.07, 6.45) is 3.66. The Labute approximate surface area is 107 Å². The normalized spacial score (nSPS) is 10.9. The molecule has 0 atom stereocenters. The van der Waals surface area contributed by atoms with E-state index >= 15 is 0 Å². The Kier molecular flexibility index (Phi) is 3.60. The van der Waals surface area contributed by atoms with Crippen molar-refractivity contribution in [2.45, 2.75) is 20.3 Å². The van der Waals surface area contributed by atoms with Gasteiger partial charge in [-0.3, -0.25) is 9.48 Å². The van der Waals surface area contributed by atoms with Gasteiger partial charge in [-0.05, 0) is 17.9 Å². The molecule has 3 heteroatoms. The number of aldehydes is 1. The zero-order valence-corrected chi connectivity index (χ0v) is 11.1. The van der Waals surface area contributed by atoms with Crippen LogP contribution in [0.4, 0.5) is 0 Å². The fourth-order valence-electron chi connectivity index (χ4n) is 2.09. The Morgan fingerprint density at radius 2 is 1.94 bits per heavy atom. The van der Waals surface area contributed by atoms with Crippen LogP contribution in [-0.4, -0.2) is 16.1 Å². The number of aryl methyl sites for hydroxylation is 1. The molecule has 2 rings (SSSR count). The number of hydrogen-bond acceptors (Lipinski definition) is 2. The summed E-state index contributed by atoms with van der Waals surface area (Å²) >= 11 is 0. The van der Waals surface area contributed by atoms with Gasteiger partial charge in [-0.2, -0.15) is 5.10 Å². The Hall–Kier alpha value is -1.90. The van der Waals surface area contributed by atoms with Gasteiger partial charge in [0.15, 0.2) is 6.29 Å². The van der Waals surface area contributed by atoms with Crippen molar-refractivity contribution in [3.8, 4) is 11.3 Å². The molecule has 0 saturated heterocycles. The van der Waals surface area contributed by atoms with Crippen LogP contribution in [0.5, 0.6) is 0 Å². The first-order chi connectivity index (χ1) is 8.60. The minimum absolute atomic E-state index is 0.633. The Morgan fingerprint density at radius 1 is 1.28 bits per heavy atom. The van der Waals surface area contributed by atoms with E-state index in [1.165, 1.54) is 5.56 Å². The molecule has 0 fully saturated rings. The van der Waals surface area contributed by atoms with Gasteiger partial charge in [0.2, 0.25) is 0 Å². The lowest BCUT2D eigenvalue weighted by molar-refractivity contribution is 0.112. The fraction of sp³-hybridized carbons (Fsp3) is 0.333. The molecule has 0 aliphatic carbocycles. The van der Waals surface area contributed by atoms with Gasteiger partial charge in [-0.25, -0.2) is 0 Å². The van der Waals surface area contributed by atoms with Crippen molar-refractivity contribution in [1.29, 1.82) is 0 Å². The van der Waals surface area contributed by atoms with Crippen LogP contribution in [0.25, 0.3) is 11.3 Å². The first-order valence-corrected chi connectivity index (χ1v) is 6.18. The average molecular weight is 242 g/mol. The van der Waals surface area contributed by atoms with E-state index in [1.807, 2.05) is 19.2 Å². The highest BCUT2D eigenvalue weighted by atomic mass is 16.1. The van der Waals surface area contributed by atoms with Gasteiger partial charge in [0, 0.05) is 18.8 Å². The number of hydrogen-bond donors (Lipinski definition) is 0. The molecule has 18 heavy (non-hydrogen) atoms. The van der Waals surface area contributed by atoms with E-state index in [0.717, 1.165) is 24.0 Å². The molecule has 3 nitrogen and oxygen atoms in total. The Morgan fingerprint density at radius 3 is 2.50 bits per heavy atom. The quantitative estimate of drug-likeness (QED) is 0.772. The molecule has 1 aromatic carbocycles. The molecule has 0 aliphatic rings. The minimum Gasteiger partial charge on any atom is -0.298 e. The number of benzene rings is 1. The van der Waals surface area contributed by atoms with Gasteiger partial charge in [0.05, 0.1) is 5.56 Å². The summed E-state index contributed by atoms with van der Waals surface area (Å²) in [7, 11) is 1.82. The summed E-state index contributed by atoms with van der Waals surface area (Å²) in [6.45, 7) is 4.41. The van der Waals surface area contributed by atoms with E-state index < -0.39 is 0 Å². The zero-order chi connectivity index (χ0) is 13.1. The highest BCUT2D eigenvalue weighted by molar-refractivity contribution is 5.85. The van der Waals surface area contributed by atoms with Crippen LogP contribution in [0, 0.1) is 5.92 Å². The topological polar surface area (TPSA) is 34.9 Å². The van der Waals surface area contributed by atoms with Crippen molar-refractivity contribution in [2.75, 3.05) is 0 Å². The highest BCUT2D eigenvalue weighted by Gasteiger charge is 2.09. The summed E-state index contributed by atoms with van der Waals surface area (Å²) in [6, 6.07) is 8.29. The molecule has 0 saturated carbocycles. The van der Waals surface area contributed by atoms with Crippen LogP contribution in [0.2, 0.25) is 0 Å². The number of carbonyl (C=O) groups excluding carboxylic acids is 1. The van der Waals surface area contributed by atoms with Crippen molar-refractivity contribution in [3.63, 3.8) is 0 Å². The van der Waals surface area contributed by atoms with Crippen molar-refractivity contribution < 1.29 is 4.79 Å². The fourth-order valence-corrected chi connectivity index (χ4v) is 2.09. The largest absolute Gasteiger partial charge is 0.298 e. The molecule has 1 aromatic heterocycles. The lowest BCUT2D eigenvalue weighted by Gasteiger charge is -2.05. The Balaban J connectivity index is 2.31. The first-order valence-electron chi connectivity index (χ1n) is 6.18. The van der Waals surface area contributed by atoms with Crippen molar-refractivity contribution >= 4 is 6.29 Å². The predicted octanol–water partition coefficient (Wildman–Crippen LogP) is 3.10. The second kappa shape index (κ2) is 5.17. The molecule has 1 heterocycles. The van der Waals surface area contributed by atoms with E-state index in [9.17, 15) is 4.79 Å². The second-order valence-electron chi connectivity index (χ2n) is 5.02. The molecule has 0 radical (unpaired) electrons. The maximum Gasteiger partial charge on any atom is 0.153 e. The van der Waals surface area contributed by atoms with E-state index in [0.29, 0.717) is 11.5 Å². The standard InChI is InChI=1S/C15H18N2O/c1-11(2)8-12-4-6-13(7-5-12)15-14(10-18)9-17(3)16-15/h4-7,9-11H,8H2,1-3H3. The molecular formula is C15H18N2O. The third kappa shape index (κ3) is 2.67. The van der Waals surface area contributed by atoms with E-state index in [-0.39, 0.29) is 0 Å². The van der Waals surface area contributed by atoms with E-state index in [1.54, 1.807) is 10.9 Å². The summed E-state index contributed by atoms with van der Waals surface area (Å²) in [5, 5.41) is 4.33. The highest BCUT2D eigenvalue weighted by Crippen LogP contribution is 2.21. The maximum absolute atomic E-state index is 11.0. The zero-order valence-electron chi connectivity index (χ0n) is 11.1. The van der Waals surface area contributed by atoms with Crippen LogP contribution < -0.4 is 0 Å². The minimum atomic E-state index is 0.633. The Bertz CT molecular complexity index is 538. The van der Waals surface area contributed by atoms with Crippen molar-refractivity contribution in [3.05, 3.63) is 41.6 Å². The summed E-state index contributed by atoms with van der Waals surface area (Å²) < 4.78 is 1.67. The van der Waals surface area contributed by atoms with Gasteiger partial charge in [-0.1, -0.05) is 38.1 Å². The van der Waals surface area contributed by atoms with Gasteiger partial charge >= 0.3 is 0 Å².